The molecular formula is C18H17NO6. The summed E-state index contributed by atoms with van der Waals surface area (Å²) in [5.74, 6) is -0.867. The lowest BCUT2D eigenvalue weighted by atomic mass is 10.1. The molecule has 0 saturated heterocycles. The molecule has 2 aromatic carbocycles. The van der Waals surface area contributed by atoms with Gasteiger partial charge in [-0.2, -0.15) is 0 Å². The van der Waals surface area contributed by atoms with Crippen LogP contribution < -0.4 is 14.8 Å². The third-order valence-corrected chi connectivity index (χ3v) is 3.74. The number of rotatable bonds is 3. The summed E-state index contributed by atoms with van der Waals surface area (Å²) >= 11 is 0. The van der Waals surface area contributed by atoms with Crippen LogP contribution in [0, 0.1) is 0 Å². The SMILES string of the molecule is O=C(Nc1ccc(O)cc1C(=O)O)c1ccc2c(c1)OCCCCO2. The fourth-order valence-corrected chi connectivity index (χ4v) is 2.46. The molecule has 25 heavy (non-hydrogen) atoms. The summed E-state index contributed by atoms with van der Waals surface area (Å²) in [6.45, 7) is 1.14. The van der Waals surface area contributed by atoms with Crippen molar-refractivity contribution in [1.82, 2.24) is 0 Å². The Bertz CT molecular complexity index is 817. The number of anilines is 1. The minimum Gasteiger partial charge on any atom is -0.508 e. The summed E-state index contributed by atoms with van der Waals surface area (Å²) in [4.78, 5) is 23.7. The lowest BCUT2D eigenvalue weighted by Gasteiger charge is -2.17. The molecule has 0 spiro atoms. The normalized spacial score (nSPS) is 13.4. The topological polar surface area (TPSA) is 105 Å². The Labute approximate surface area is 143 Å². The lowest BCUT2D eigenvalue weighted by molar-refractivity contribution is 0.0697. The number of phenols is 1. The van der Waals surface area contributed by atoms with Crippen LogP contribution in [0.15, 0.2) is 36.4 Å². The summed E-state index contributed by atoms with van der Waals surface area (Å²) in [6.07, 6.45) is 1.77. The van der Waals surface area contributed by atoms with Crippen molar-refractivity contribution in [2.75, 3.05) is 18.5 Å². The maximum Gasteiger partial charge on any atom is 0.337 e. The fourth-order valence-electron chi connectivity index (χ4n) is 2.46. The van der Waals surface area contributed by atoms with Crippen LogP contribution in [0.3, 0.4) is 0 Å². The summed E-state index contributed by atoms with van der Waals surface area (Å²) in [7, 11) is 0. The average molecular weight is 343 g/mol. The van der Waals surface area contributed by atoms with Crippen molar-refractivity contribution in [3.63, 3.8) is 0 Å². The zero-order valence-electron chi connectivity index (χ0n) is 13.3. The predicted molar refractivity (Wildman–Crippen MR) is 89.7 cm³/mol. The number of fused-ring (bicyclic) bond motifs is 1. The smallest absolute Gasteiger partial charge is 0.337 e. The van der Waals surface area contributed by atoms with Gasteiger partial charge in [0.15, 0.2) is 11.5 Å². The van der Waals surface area contributed by atoms with Gasteiger partial charge in [0.2, 0.25) is 0 Å². The Morgan fingerprint density at radius 2 is 1.68 bits per heavy atom. The molecule has 0 aromatic heterocycles. The molecule has 7 nitrogen and oxygen atoms in total. The van der Waals surface area contributed by atoms with E-state index in [0.29, 0.717) is 30.3 Å². The number of carbonyl (C=O) groups excluding carboxylic acids is 1. The molecule has 0 unspecified atom stereocenters. The molecule has 0 saturated carbocycles. The molecule has 2 aromatic rings. The van der Waals surface area contributed by atoms with Gasteiger partial charge >= 0.3 is 5.97 Å². The fraction of sp³-hybridized carbons (Fsp3) is 0.222. The molecule has 1 aliphatic rings. The van der Waals surface area contributed by atoms with Crippen LogP contribution in [0.2, 0.25) is 0 Å². The van der Waals surface area contributed by atoms with Gasteiger partial charge in [-0.05, 0) is 49.2 Å². The van der Waals surface area contributed by atoms with E-state index in [0.717, 1.165) is 18.9 Å². The highest BCUT2D eigenvalue weighted by molar-refractivity contribution is 6.08. The van der Waals surface area contributed by atoms with E-state index < -0.39 is 11.9 Å². The molecule has 0 fully saturated rings. The van der Waals surface area contributed by atoms with Crippen LogP contribution >= 0.6 is 0 Å². The standard InChI is InChI=1S/C18H17NO6/c20-12-4-5-14(13(10-12)18(22)23)19-17(21)11-3-6-15-16(9-11)25-8-2-1-7-24-15/h3-6,9-10,20H,1-2,7-8H2,(H,19,21)(H,22,23). The van der Waals surface area contributed by atoms with Gasteiger partial charge in [-0.25, -0.2) is 4.79 Å². The van der Waals surface area contributed by atoms with Crippen LogP contribution in [0.25, 0.3) is 0 Å². The first-order valence-corrected chi connectivity index (χ1v) is 7.82. The molecule has 3 N–H and O–H groups in total. The highest BCUT2D eigenvalue weighted by Gasteiger charge is 2.17. The van der Waals surface area contributed by atoms with E-state index in [4.69, 9.17) is 9.47 Å². The first-order valence-electron chi connectivity index (χ1n) is 7.82. The van der Waals surface area contributed by atoms with Gasteiger partial charge in [0.05, 0.1) is 24.5 Å². The van der Waals surface area contributed by atoms with Crippen molar-refractivity contribution in [2.45, 2.75) is 12.8 Å². The number of aromatic carboxylic acids is 1. The van der Waals surface area contributed by atoms with Gasteiger partial charge in [-0.1, -0.05) is 0 Å². The van der Waals surface area contributed by atoms with Gasteiger partial charge < -0.3 is 25.0 Å². The van der Waals surface area contributed by atoms with Crippen molar-refractivity contribution < 1.29 is 29.3 Å². The predicted octanol–water partition coefficient (Wildman–Crippen LogP) is 2.89. The lowest BCUT2D eigenvalue weighted by Crippen LogP contribution is -2.15. The van der Waals surface area contributed by atoms with Gasteiger partial charge in [-0.15, -0.1) is 0 Å². The van der Waals surface area contributed by atoms with E-state index in [1.54, 1.807) is 18.2 Å². The van der Waals surface area contributed by atoms with Crippen LogP contribution in [-0.4, -0.2) is 35.3 Å². The Morgan fingerprint density at radius 1 is 0.960 bits per heavy atom. The maximum atomic E-state index is 12.5. The van der Waals surface area contributed by atoms with E-state index in [1.165, 1.54) is 12.1 Å². The van der Waals surface area contributed by atoms with E-state index in [2.05, 4.69) is 5.32 Å². The van der Waals surface area contributed by atoms with Gasteiger partial charge in [-0.3, -0.25) is 4.79 Å². The van der Waals surface area contributed by atoms with E-state index in [9.17, 15) is 19.8 Å². The number of ether oxygens (including phenoxy) is 2. The Morgan fingerprint density at radius 3 is 2.40 bits per heavy atom. The molecule has 0 aliphatic carbocycles. The second kappa shape index (κ2) is 7.12. The number of phenolic OH excluding ortho intramolecular Hbond substituents is 1. The second-order valence-corrected chi connectivity index (χ2v) is 5.55. The molecule has 130 valence electrons. The number of carbonyl (C=O) groups is 2. The van der Waals surface area contributed by atoms with Gasteiger partial charge in [0.1, 0.15) is 5.75 Å². The Hall–Kier alpha value is -3.22. The molecule has 0 bridgehead atoms. The Balaban J connectivity index is 1.84. The number of hydrogen-bond acceptors (Lipinski definition) is 5. The summed E-state index contributed by atoms with van der Waals surface area (Å²) < 4.78 is 11.2. The summed E-state index contributed by atoms with van der Waals surface area (Å²) in [5, 5.41) is 21.1. The minimum absolute atomic E-state index is 0.0965. The number of aromatic hydroxyl groups is 1. The maximum absolute atomic E-state index is 12.5. The van der Waals surface area contributed by atoms with E-state index in [1.807, 2.05) is 0 Å². The molecule has 0 radical (unpaired) electrons. The number of carboxylic acids is 1. The molecule has 1 heterocycles. The first-order chi connectivity index (χ1) is 12.0. The molecule has 3 rings (SSSR count). The highest BCUT2D eigenvalue weighted by Crippen LogP contribution is 2.30. The second-order valence-electron chi connectivity index (χ2n) is 5.55. The van der Waals surface area contributed by atoms with Crippen LogP contribution in [-0.2, 0) is 0 Å². The first kappa shape index (κ1) is 16.6. The van der Waals surface area contributed by atoms with Crippen molar-refractivity contribution in [2.24, 2.45) is 0 Å². The average Bonchev–Trinajstić information content (AvgIpc) is 2.56. The zero-order chi connectivity index (χ0) is 17.8. The Kier molecular flexibility index (Phi) is 4.74. The van der Waals surface area contributed by atoms with Gasteiger partial charge in [0.25, 0.3) is 5.91 Å². The summed E-state index contributed by atoms with van der Waals surface area (Å²) in [6, 6.07) is 8.53. The third kappa shape index (κ3) is 3.82. The van der Waals surface area contributed by atoms with Crippen molar-refractivity contribution in [3.8, 4) is 17.2 Å². The number of carboxylic acid groups (broad SMARTS) is 1. The molecule has 1 amide bonds. The highest BCUT2D eigenvalue weighted by atomic mass is 16.5. The van der Waals surface area contributed by atoms with Crippen molar-refractivity contribution in [1.29, 1.82) is 0 Å². The van der Waals surface area contributed by atoms with Crippen LogP contribution in [0.4, 0.5) is 5.69 Å². The zero-order valence-corrected chi connectivity index (χ0v) is 13.3. The molecule has 7 heteroatoms. The number of hydrogen-bond donors (Lipinski definition) is 3. The molecule has 1 aliphatic heterocycles. The number of benzene rings is 2. The monoisotopic (exact) mass is 343 g/mol. The largest absolute Gasteiger partial charge is 0.508 e. The molecule has 0 atom stereocenters. The quantitative estimate of drug-likeness (QED) is 0.740. The van der Waals surface area contributed by atoms with Gasteiger partial charge in [0, 0.05) is 5.56 Å². The van der Waals surface area contributed by atoms with E-state index >= 15 is 0 Å². The van der Waals surface area contributed by atoms with Crippen LogP contribution in [0.1, 0.15) is 33.6 Å². The third-order valence-electron chi connectivity index (χ3n) is 3.74. The van der Waals surface area contributed by atoms with E-state index in [-0.39, 0.29) is 17.0 Å². The number of nitrogens with one attached hydrogen (secondary N) is 1. The minimum atomic E-state index is -1.25. The summed E-state index contributed by atoms with van der Waals surface area (Å²) in [5.41, 5.74) is 0.214. The van der Waals surface area contributed by atoms with Crippen molar-refractivity contribution >= 4 is 17.6 Å². The number of amides is 1. The van der Waals surface area contributed by atoms with Crippen LogP contribution in [0.5, 0.6) is 17.2 Å². The van der Waals surface area contributed by atoms with Crippen molar-refractivity contribution in [3.05, 3.63) is 47.5 Å². The molecular weight excluding hydrogens is 326 g/mol.